The number of aryl methyl sites for hydroxylation is 2. The van der Waals surface area contributed by atoms with Gasteiger partial charge in [-0.3, -0.25) is 4.79 Å². The maximum absolute atomic E-state index is 13.2. The van der Waals surface area contributed by atoms with E-state index in [1.165, 1.54) is 22.0 Å². The van der Waals surface area contributed by atoms with Gasteiger partial charge in [-0.15, -0.1) is 0 Å². The Bertz CT molecular complexity index is 1110. The third-order valence-corrected chi connectivity index (χ3v) is 8.60. The van der Waals surface area contributed by atoms with E-state index in [1.807, 2.05) is 12.1 Å². The Labute approximate surface area is 199 Å². The molecular weight excluding hydrogens is 462 g/mol. The number of carbonyl (C=O) groups is 1. The number of amides is 1. The first-order valence-electron chi connectivity index (χ1n) is 11.6. The third kappa shape index (κ3) is 5.58. The molecule has 6 nitrogen and oxygen atoms in total. The van der Waals surface area contributed by atoms with Crippen molar-refractivity contribution in [3.63, 3.8) is 0 Å². The zero-order valence-electron chi connectivity index (χ0n) is 19.3. The fraction of sp³-hybridized carbons (Fsp3) is 0.480. The fourth-order valence-corrected chi connectivity index (χ4v) is 6.32. The maximum Gasteiger partial charge on any atom is 0.387 e. The van der Waals surface area contributed by atoms with Crippen LogP contribution in [0.2, 0.25) is 0 Å². The van der Waals surface area contributed by atoms with Crippen LogP contribution in [0.5, 0.6) is 5.75 Å². The van der Waals surface area contributed by atoms with Gasteiger partial charge in [0, 0.05) is 32.6 Å². The summed E-state index contributed by atoms with van der Waals surface area (Å²) in [5.74, 6) is -0.222. The van der Waals surface area contributed by atoms with Crippen molar-refractivity contribution in [3.05, 3.63) is 59.2 Å². The van der Waals surface area contributed by atoms with Gasteiger partial charge in [0.2, 0.25) is 15.9 Å². The predicted molar refractivity (Wildman–Crippen MR) is 124 cm³/mol. The quantitative estimate of drug-likeness (QED) is 0.580. The predicted octanol–water partition coefficient (Wildman–Crippen LogP) is 4.23. The third-order valence-electron chi connectivity index (χ3n) is 6.71. The van der Waals surface area contributed by atoms with E-state index in [0.717, 1.165) is 36.8 Å². The Kier molecular flexibility index (Phi) is 7.52. The number of nitrogens with zero attached hydrogens (tertiary/aromatic N) is 2. The smallest absolute Gasteiger partial charge is 0.387 e. The summed E-state index contributed by atoms with van der Waals surface area (Å²) in [7, 11) is -1.89. The molecule has 4 rings (SSSR count). The number of piperidine rings is 1. The van der Waals surface area contributed by atoms with Gasteiger partial charge in [0.25, 0.3) is 0 Å². The average molecular weight is 493 g/mol. The van der Waals surface area contributed by atoms with E-state index in [0.29, 0.717) is 37.4 Å². The number of halogens is 2. The van der Waals surface area contributed by atoms with E-state index in [2.05, 4.69) is 4.74 Å². The van der Waals surface area contributed by atoms with Crippen LogP contribution in [0.1, 0.15) is 42.4 Å². The van der Waals surface area contributed by atoms with Crippen molar-refractivity contribution in [2.75, 3.05) is 20.1 Å². The second-order valence-corrected chi connectivity index (χ2v) is 11.0. The lowest BCUT2D eigenvalue weighted by Gasteiger charge is -2.32. The molecule has 1 amide bonds. The van der Waals surface area contributed by atoms with Crippen molar-refractivity contribution in [2.45, 2.75) is 56.6 Å². The minimum Gasteiger partial charge on any atom is -0.435 e. The van der Waals surface area contributed by atoms with E-state index in [1.54, 1.807) is 30.1 Å². The molecule has 0 atom stereocenters. The van der Waals surface area contributed by atoms with Crippen molar-refractivity contribution in [1.29, 1.82) is 0 Å². The molecule has 1 aliphatic carbocycles. The Balaban J connectivity index is 1.33. The summed E-state index contributed by atoms with van der Waals surface area (Å²) < 4.78 is 56.8. The second kappa shape index (κ2) is 10.4. The molecule has 0 N–H and O–H groups in total. The molecule has 184 valence electrons. The van der Waals surface area contributed by atoms with Crippen LogP contribution < -0.4 is 4.74 Å². The Morgan fingerprint density at radius 2 is 1.71 bits per heavy atom. The molecule has 2 aliphatic rings. The molecular formula is C25H30F2N2O4S. The van der Waals surface area contributed by atoms with Crippen LogP contribution in [0.15, 0.2) is 47.4 Å². The van der Waals surface area contributed by atoms with Gasteiger partial charge in [0.1, 0.15) is 5.75 Å². The number of hydrogen-bond acceptors (Lipinski definition) is 4. The highest BCUT2D eigenvalue weighted by molar-refractivity contribution is 7.89. The van der Waals surface area contributed by atoms with Gasteiger partial charge in [-0.1, -0.05) is 18.2 Å². The Hall–Kier alpha value is -2.52. The number of carbonyl (C=O) groups excluding carboxylic acids is 1. The van der Waals surface area contributed by atoms with Crippen LogP contribution in [-0.4, -0.2) is 50.3 Å². The minimum absolute atomic E-state index is 0.0428. The summed E-state index contributed by atoms with van der Waals surface area (Å²) in [6.45, 7) is -1.93. The lowest BCUT2D eigenvalue weighted by atomic mass is 9.92. The van der Waals surface area contributed by atoms with Gasteiger partial charge < -0.3 is 9.64 Å². The minimum atomic E-state index is -3.58. The van der Waals surface area contributed by atoms with Gasteiger partial charge in [0.15, 0.2) is 0 Å². The summed E-state index contributed by atoms with van der Waals surface area (Å²) in [4.78, 5) is 14.9. The number of sulfonamides is 1. The highest BCUT2D eigenvalue weighted by atomic mass is 32.2. The largest absolute Gasteiger partial charge is 0.435 e. The lowest BCUT2D eigenvalue weighted by Crippen LogP contribution is -2.43. The molecule has 0 aromatic heterocycles. The number of hydrogen-bond donors (Lipinski definition) is 0. The molecule has 1 heterocycles. The first-order chi connectivity index (χ1) is 16.2. The molecule has 2 aromatic rings. The zero-order chi connectivity index (χ0) is 24.3. The van der Waals surface area contributed by atoms with Crippen LogP contribution in [0.25, 0.3) is 0 Å². The number of fused-ring (bicyclic) bond motifs is 1. The van der Waals surface area contributed by atoms with E-state index in [4.69, 9.17) is 0 Å². The van der Waals surface area contributed by atoms with Crippen molar-refractivity contribution < 1.29 is 26.7 Å². The summed E-state index contributed by atoms with van der Waals surface area (Å²) >= 11 is 0. The van der Waals surface area contributed by atoms with Gasteiger partial charge in [-0.25, -0.2) is 8.42 Å². The summed E-state index contributed by atoms with van der Waals surface area (Å²) in [5, 5.41) is 0. The second-order valence-electron chi connectivity index (χ2n) is 9.03. The molecule has 0 radical (unpaired) electrons. The lowest BCUT2D eigenvalue weighted by molar-refractivity contribution is -0.135. The van der Waals surface area contributed by atoms with Crippen LogP contribution in [0, 0.1) is 5.92 Å². The number of rotatable bonds is 7. The van der Waals surface area contributed by atoms with Gasteiger partial charge in [0.05, 0.1) is 4.90 Å². The molecule has 0 unspecified atom stereocenters. The summed E-state index contributed by atoms with van der Waals surface area (Å²) in [6.07, 6.45) is 5.09. The normalized spacial score (nSPS) is 17.4. The highest BCUT2D eigenvalue weighted by Gasteiger charge is 2.33. The van der Waals surface area contributed by atoms with E-state index in [9.17, 15) is 22.0 Å². The number of ether oxygens (including phenoxy) is 1. The molecule has 1 fully saturated rings. The number of alkyl halides is 2. The van der Waals surface area contributed by atoms with Gasteiger partial charge in [-0.2, -0.15) is 13.1 Å². The fourth-order valence-electron chi connectivity index (χ4n) is 4.80. The van der Waals surface area contributed by atoms with Crippen LogP contribution >= 0.6 is 0 Å². The van der Waals surface area contributed by atoms with Gasteiger partial charge in [-0.05, 0) is 79.5 Å². The summed E-state index contributed by atoms with van der Waals surface area (Å²) in [6, 6.07) is 11.7. The van der Waals surface area contributed by atoms with Crippen LogP contribution in [-0.2, 0) is 34.2 Å². The molecule has 0 spiro atoms. The van der Waals surface area contributed by atoms with Crippen molar-refractivity contribution >= 4 is 15.9 Å². The monoisotopic (exact) mass is 492 g/mol. The summed E-state index contributed by atoms with van der Waals surface area (Å²) in [5.41, 5.74) is 3.17. The first-order valence-corrected chi connectivity index (χ1v) is 13.1. The first kappa shape index (κ1) is 24.6. The van der Waals surface area contributed by atoms with Gasteiger partial charge >= 0.3 is 6.61 Å². The molecule has 34 heavy (non-hydrogen) atoms. The van der Waals surface area contributed by atoms with Crippen molar-refractivity contribution in [1.82, 2.24) is 9.21 Å². The Morgan fingerprint density at radius 3 is 2.35 bits per heavy atom. The zero-order valence-corrected chi connectivity index (χ0v) is 20.1. The average Bonchev–Trinajstić information content (AvgIpc) is 2.84. The van der Waals surface area contributed by atoms with E-state index in [-0.39, 0.29) is 17.6 Å². The molecule has 1 aliphatic heterocycles. The van der Waals surface area contributed by atoms with Crippen molar-refractivity contribution in [3.8, 4) is 5.75 Å². The molecule has 1 saturated heterocycles. The standard InChI is InChI=1S/C25H30F2N2O4S/c1-28(17-18-6-9-22(10-7-18)33-25(26)27)24(30)20-12-14-29(15-13-20)34(31,32)23-11-8-19-4-2-3-5-21(19)16-23/h6-11,16,20,25H,2-5,12-15,17H2,1H3. The molecule has 0 bridgehead atoms. The van der Waals surface area contributed by atoms with E-state index < -0.39 is 16.6 Å². The highest BCUT2D eigenvalue weighted by Crippen LogP contribution is 2.29. The van der Waals surface area contributed by atoms with Crippen LogP contribution in [0.4, 0.5) is 8.78 Å². The molecule has 2 aromatic carbocycles. The topological polar surface area (TPSA) is 66.9 Å². The number of benzene rings is 2. The van der Waals surface area contributed by atoms with Crippen LogP contribution in [0.3, 0.4) is 0 Å². The van der Waals surface area contributed by atoms with E-state index >= 15 is 0 Å². The van der Waals surface area contributed by atoms with Crippen molar-refractivity contribution in [2.24, 2.45) is 5.92 Å². The molecule has 0 saturated carbocycles. The molecule has 9 heteroatoms. The Morgan fingerprint density at radius 1 is 1.06 bits per heavy atom. The SMILES string of the molecule is CN(Cc1ccc(OC(F)F)cc1)C(=O)C1CCN(S(=O)(=O)c2ccc3c(c2)CCCC3)CC1. The maximum atomic E-state index is 13.2.